The molecule has 1 aliphatic heterocycles. The van der Waals surface area contributed by atoms with E-state index in [2.05, 4.69) is 10.1 Å². The number of carbonyl (C=O) groups excluding carboxylic acids is 1. The van der Waals surface area contributed by atoms with E-state index in [-0.39, 0.29) is 37.3 Å². The van der Waals surface area contributed by atoms with Gasteiger partial charge >= 0.3 is 6.18 Å². The number of rotatable bonds is 4. The maximum absolute atomic E-state index is 13.7. The molecule has 1 aliphatic rings. The van der Waals surface area contributed by atoms with E-state index in [1.54, 1.807) is 0 Å². The van der Waals surface area contributed by atoms with E-state index < -0.39 is 47.4 Å². The molecule has 2 heterocycles. The molecule has 3 rings (SSSR count). The summed E-state index contributed by atoms with van der Waals surface area (Å²) in [6.45, 7) is 1.64. The minimum atomic E-state index is -4.70. The molecule has 1 unspecified atom stereocenters. The van der Waals surface area contributed by atoms with Crippen LogP contribution in [-0.2, 0) is 23.9 Å². The van der Waals surface area contributed by atoms with Crippen LogP contribution in [0.5, 0.6) is 0 Å². The standard InChI is InChI=1S/C17H17F6N5O/c1-8-15-25-16(17(21,22)23)26-28(15)3-2-27(8)14(29)6-10(24)4-9-5-12(19)13(20)7-11(9)18/h5,7-8,10H,2-4,6,24H2,1H3/t8?,10-/m1/s1. The van der Waals surface area contributed by atoms with Crippen LogP contribution in [0.2, 0.25) is 0 Å². The Kier molecular flexibility index (Phi) is 5.57. The van der Waals surface area contributed by atoms with E-state index in [9.17, 15) is 31.1 Å². The van der Waals surface area contributed by atoms with Gasteiger partial charge in [-0.05, 0) is 25.0 Å². The first kappa shape index (κ1) is 21.1. The highest BCUT2D eigenvalue weighted by molar-refractivity contribution is 5.77. The van der Waals surface area contributed by atoms with Gasteiger partial charge in [-0.25, -0.2) is 22.8 Å². The number of amides is 1. The van der Waals surface area contributed by atoms with Crippen LogP contribution in [0.15, 0.2) is 12.1 Å². The SMILES string of the molecule is CC1c2nc(C(F)(F)F)nn2CCN1C(=O)C[C@H](N)Cc1cc(F)c(F)cc1F. The lowest BCUT2D eigenvalue weighted by Crippen LogP contribution is -2.43. The van der Waals surface area contributed by atoms with E-state index >= 15 is 0 Å². The van der Waals surface area contributed by atoms with Crippen LogP contribution in [-0.4, -0.2) is 38.2 Å². The van der Waals surface area contributed by atoms with Crippen LogP contribution in [0.3, 0.4) is 0 Å². The lowest BCUT2D eigenvalue weighted by Gasteiger charge is -2.33. The van der Waals surface area contributed by atoms with Crippen molar-refractivity contribution < 1.29 is 31.1 Å². The fourth-order valence-corrected chi connectivity index (χ4v) is 3.24. The maximum atomic E-state index is 13.7. The molecule has 2 N–H and O–H groups in total. The molecule has 1 aromatic heterocycles. The van der Waals surface area contributed by atoms with Crippen molar-refractivity contribution in [1.82, 2.24) is 19.7 Å². The Hall–Kier alpha value is -2.63. The predicted molar refractivity (Wildman–Crippen MR) is 87.8 cm³/mol. The van der Waals surface area contributed by atoms with Crippen molar-refractivity contribution in [2.75, 3.05) is 6.54 Å². The van der Waals surface area contributed by atoms with E-state index in [0.29, 0.717) is 12.1 Å². The first-order valence-corrected chi connectivity index (χ1v) is 8.67. The van der Waals surface area contributed by atoms with E-state index in [1.165, 1.54) is 11.8 Å². The molecule has 158 valence electrons. The average molecular weight is 421 g/mol. The largest absolute Gasteiger partial charge is 0.453 e. The van der Waals surface area contributed by atoms with Crippen molar-refractivity contribution in [2.45, 2.75) is 44.6 Å². The van der Waals surface area contributed by atoms with E-state index in [1.807, 2.05) is 0 Å². The maximum Gasteiger partial charge on any atom is 0.453 e. The fourth-order valence-electron chi connectivity index (χ4n) is 3.24. The molecule has 0 spiro atoms. The Morgan fingerprint density at radius 1 is 1.21 bits per heavy atom. The zero-order valence-corrected chi connectivity index (χ0v) is 15.2. The molecule has 0 radical (unpaired) electrons. The van der Waals surface area contributed by atoms with Crippen molar-refractivity contribution in [1.29, 1.82) is 0 Å². The van der Waals surface area contributed by atoms with Gasteiger partial charge in [0.25, 0.3) is 5.82 Å². The van der Waals surface area contributed by atoms with Gasteiger partial charge in [0.05, 0.1) is 12.6 Å². The predicted octanol–water partition coefficient (Wildman–Crippen LogP) is 2.58. The summed E-state index contributed by atoms with van der Waals surface area (Å²) in [5.74, 6) is -5.30. The smallest absolute Gasteiger partial charge is 0.331 e. The van der Waals surface area contributed by atoms with Gasteiger partial charge in [-0.15, -0.1) is 5.10 Å². The van der Waals surface area contributed by atoms with Gasteiger partial charge in [-0.2, -0.15) is 13.2 Å². The highest BCUT2D eigenvalue weighted by atomic mass is 19.4. The molecule has 12 heteroatoms. The number of aromatic nitrogens is 3. The van der Waals surface area contributed by atoms with Crippen molar-refractivity contribution in [3.8, 4) is 0 Å². The lowest BCUT2D eigenvalue weighted by atomic mass is 10.0. The van der Waals surface area contributed by atoms with E-state index in [4.69, 9.17) is 5.73 Å². The summed E-state index contributed by atoms with van der Waals surface area (Å²) in [4.78, 5) is 17.4. The van der Waals surface area contributed by atoms with Crippen LogP contribution in [0.4, 0.5) is 26.3 Å². The number of fused-ring (bicyclic) bond motifs is 1. The van der Waals surface area contributed by atoms with E-state index in [0.717, 1.165) is 4.68 Å². The highest BCUT2D eigenvalue weighted by Crippen LogP contribution is 2.30. The van der Waals surface area contributed by atoms with Gasteiger partial charge in [0.2, 0.25) is 5.91 Å². The minimum absolute atomic E-state index is 0.00264. The number of alkyl halides is 3. The first-order chi connectivity index (χ1) is 13.5. The molecule has 1 amide bonds. The highest BCUT2D eigenvalue weighted by Gasteiger charge is 2.40. The van der Waals surface area contributed by atoms with Crippen LogP contribution >= 0.6 is 0 Å². The molecule has 29 heavy (non-hydrogen) atoms. The molecule has 0 saturated carbocycles. The molecular formula is C17H17F6N5O. The third-order valence-electron chi connectivity index (χ3n) is 4.68. The molecule has 0 saturated heterocycles. The number of nitrogens with zero attached hydrogens (tertiary/aromatic N) is 4. The number of hydrogen-bond acceptors (Lipinski definition) is 4. The number of hydrogen-bond donors (Lipinski definition) is 1. The second-order valence-electron chi connectivity index (χ2n) is 6.80. The quantitative estimate of drug-likeness (QED) is 0.608. The van der Waals surface area contributed by atoms with Crippen LogP contribution in [0.1, 0.15) is 36.6 Å². The Bertz CT molecular complexity index is 928. The zero-order valence-electron chi connectivity index (χ0n) is 15.2. The third-order valence-corrected chi connectivity index (χ3v) is 4.68. The van der Waals surface area contributed by atoms with Gasteiger partial charge < -0.3 is 10.6 Å². The summed E-state index contributed by atoms with van der Waals surface area (Å²) >= 11 is 0. The summed E-state index contributed by atoms with van der Waals surface area (Å²) in [6.07, 6.45) is -5.18. The average Bonchev–Trinajstić information content (AvgIpc) is 3.05. The van der Waals surface area contributed by atoms with Crippen LogP contribution < -0.4 is 5.73 Å². The van der Waals surface area contributed by atoms with Crippen molar-refractivity contribution in [3.05, 3.63) is 46.8 Å². The second kappa shape index (κ2) is 7.65. The Labute approximate surface area is 161 Å². The summed E-state index contributed by atoms with van der Waals surface area (Å²) in [6, 6.07) is -0.594. The number of halogens is 6. The Morgan fingerprint density at radius 3 is 2.52 bits per heavy atom. The van der Waals surface area contributed by atoms with Gasteiger partial charge in [0.1, 0.15) is 11.6 Å². The summed E-state index contributed by atoms with van der Waals surface area (Å²) in [5.41, 5.74) is 5.68. The number of nitrogens with two attached hydrogens (primary N) is 1. The van der Waals surface area contributed by atoms with Crippen LogP contribution in [0.25, 0.3) is 0 Å². The molecule has 0 fully saturated rings. The zero-order chi connectivity index (χ0) is 21.5. The third kappa shape index (κ3) is 4.36. The monoisotopic (exact) mass is 421 g/mol. The summed E-state index contributed by atoms with van der Waals surface area (Å²) in [5, 5.41) is 3.42. The van der Waals surface area contributed by atoms with Gasteiger partial charge in [-0.1, -0.05) is 0 Å². The van der Waals surface area contributed by atoms with Crippen molar-refractivity contribution in [2.24, 2.45) is 5.73 Å². The number of carbonyl (C=O) groups is 1. The molecule has 2 aromatic rings. The number of benzene rings is 1. The molecule has 0 aliphatic carbocycles. The summed E-state index contributed by atoms with van der Waals surface area (Å²) in [7, 11) is 0. The fraction of sp³-hybridized carbons (Fsp3) is 0.471. The minimum Gasteiger partial charge on any atom is -0.331 e. The second-order valence-corrected chi connectivity index (χ2v) is 6.80. The van der Waals surface area contributed by atoms with Crippen molar-refractivity contribution >= 4 is 5.91 Å². The van der Waals surface area contributed by atoms with Gasteiger partial charge in [-0.3, -0.25) is 4.79 Å². The Balaban J connectivity index is 1.68. The first-order valence-electron chi connectivity index (χ1n) is 8.67. The lowest BCUT2D eigenvalue weighted by molar-refractivity contribution is -0.145. The summed E-state index contributed by atoms with van der Waals surface area (Å²) < 4.78 is 79.6. The van der Waals surface area contributed by atoms with Crippen molar-refractivity contribution in [3.63, 3.8) is 0 Å². The molecule has 1 aromatic carbocycles. The molecule has 0 bridgehead atoms. The molecular weight excluding hydrogens is 404 g/mol. The molecule has 6 nitrogen and oxygen atoms in total. The molecule has 2 atom stereocenters. The van der Waals surface area contributed by atoms with Gasteiger partial charge in [0, 0.05) is 25.1 Å². The normalized spacial score (nSPS) is 17.9. The topological polar surface area (TPSA) is 77.0 Å². The van der Waals surface area contributed by atoms with Crippen LogP contribution in [0, 0.1) is 17.5 Å². The Morgan fingerprint density at radius 2 is 1.86 bits per heavy atom. The van der Waals surface area contributed by atoms with Gasteiger partial charge in [0.15, 0.2) is 11.6 Å².